The lowest BCUT2D eigenvalue weighted by Crippen LogP contribution is -2.17. The Morgan fingerprint density at radius 2 is 1.80 bits per heavy atom. The molecule has 1 aromatic carbocycles. The van der Waals surface area contributed by atoms with Crippen LogP contribution in [0.4, 0.5) is 5.82 Å². The summed E-state index contributed by atoms with van der Waals surface area (Å²) >= 11 is 12.2. The molecule has 0 saturated carbocycles. The lowest BCUT2D eigenvalue weighted by Gasteiger charge is -2.18. The summed E-state index contributed by atoms with van der Waals surface area (Å²) in [5, 5.41) is 4.40. The molecule has 0 amide bonds. The number of aromatic nitrogens is 2. The van der Waals surface area contributed by atoms with Crippen LogP contribution < -0.4 is 5.32 Å². The van der Waals surface area contributed by atoms with Gasteiger partial charge in [-0.1, -0.05) is 62.2 Å². The average molecular weight is 310 g/mol. The molecule has 0 unspecified atom stereocenters. The van der Waals surface area contributed by atoms with Gasteiger partial charge in [0.1, 0.15) is 16.8 Å². The third-order valence-electron chi connectivity index (χ3n) is 2.78. The van der Waals surface area contributed by atoms with Crippen molar-refractivity contribution in [2.75, 3.05) is 5.32 Å². The van der Waals surface area contributed by atoms with Gasteiger partial charge in [-0.25, -0.2) is 9.97 Å². The van der Waals surface area contributed by atoms with E-state index in [-0.39, 0.29) is 5.41 Å². The van der Waals surface area contributed by atoms with Gasteiger partial charge < -0.3 is 5.32 Å². The first-order valence-electron chi connectivity index (χ1n) is 6.38. The fourth-order valence-corrected chi connectivity index (χ4v) is 2.06. The molecule has 106 valence electrons. The molecular formula is C15H17Cl2N3. The number of hydrogen-bond acceptors (Lipinski definition) is 3. The van der Waals surface area contributed by atoms with Crippen LogP contribution in [0.3, 0.4) is 0 Å². The van der Waals surface area contributed by atoms with E-state index in [1.54, 1.807) is 6.07 Å². The van der Waals surface area contributed by atoms with Gasteiger partial charge in [-0.2, -0.15) is 0 Å². The predicted molar refractivity (Wildman–Crippen MR) is 84.5 cm³/mol. The maximum atomic E-state index is 6.13. The highest BCUT2D eigenvalue weighted by Crippen LogP contribution is 2.23. The van der Waals surface area contributed by atoms with E-state index in [0.717, 1.165) is 10.6 Å². The first-order chi connectivity index (χ1) is 9.36. The first kappa shape index (κ1) is 15.1. The number of nitrogens with zero attached hydrogens (tertiary/aromatic N) is 2. The van der Waals surface area contributed by atoms with Crippen molar-refractivity contribution in [3.05, 3.63) is 51.9 Å². The summed E-state index contributed by atoms with van der Waals surface area (Å²) in [6.45, 7) is 6.75. The highest BCUT2D eigenvalue weighted by atomic mass is 35.5. The van der Waals surface area contributed by atoms with Gasteiger partial charge in [0.2, 0.25) is 0 Å². The van der Waals surface area contributed by atoms with Crippen LogP contribution in [0.2, 0.25) is 10.2 Å². The van der Waals surface area contributed by atoms with Crippen molar-refractivity contribution in [2.45, 2.75) is 32.7 Å². The molecule has 0 spiro atoms. The summed E-state index contributed by atoms with van der Waals surface area (Å²) in [6.07, 6.45) is 0. The number of rotatable bonds is 3. The maximum absolute atomic E-state index is 6.13. The highest BCUT2D eigenvalue weighted by Gasteiger charge is 2.18. The highest BCUT2D eigenvalue weighted by molar-refractivity contribution is 6.31. The van der Waals surface area contributed by atoms with Crippen molar-refractivity contribution in [3.8, 4) is 0 Å². The molecule has 5 heteroatoms. The molecule has 1 aromatic heterocycles. The van der Waals surface area contributed by atoms with Gasteiger partial charge in [0.25, 0.3) is 0 Å². The minimum atomic E-state index is -0.147. The smallest absolute Gasteiger partial charge is 0.137 e. The van der Waals surface area contributed by atoms with E-state index < -0.39 is 0 Å². The number of benzene rings is 1. The summed E-state index contributed by atoms with van der Waals surface area (Å²) in [7, 11) is 0. The van der Waals surface area contributed by atoms with Crippen molar-refractivity contribution in [2.24, 2.45) is 0 Å². The minimum absolute atomic E-state index is 0.147. The van der Waals surface area contributed by atoms with Crippen LogP contribution in [0.15, 0.2) is 30.3 Å². The van der Waals surface area contributed by atoms with Gasteiger partial charge >= 0.3 is 0 Å². The SMILES string of the molecule is CC(C)(C)c1nc(Cl)cc(NCc2ccccc2Cl)n1. The van der Waals surface area contributed by atoms with E-state index in [9.17, 15) is 0 Å². The van der Waals surface area contributed by atoms with E-state index in [0.29, 0.717) is 23.3 Å². The Kier molecular flexibility index (Phi) is 4.51. The Bertz CT molecular complexity index is 606. The lowest BCUT2D eigenvalue weighted by molar-refractivity contribution is 0.546. The van der Waals surface area contributed by atoms with Crippen LogP contribution in [0.5, 0.6) is 0 Å². The molecular weight excluding hydrogens is 293 g/mol. The van der Waals surface area contributed by atoms with Gasteiger partial charge in [0.15, 0.2) is 0 Å². The Morgan fingerprint density at radius 1 is 1.10 bits per heavy atom. The van der Waals surface area contributed by atoms with Crippen molar-refractivity contribution < 1.29 is 0 Å². The van der Waals surface area contributed by atoms with Crippen molar-refractivity contribution >= 4 is 29.0 Å². The summed E-state index contributed by atoms with van der Waals surface area (Å²) < 4.78 is 0. The number of nitrogens with one attached hydrogen (secondary N) is 1. The van der Waals surface area contributed by atoms with E-state index in [1.165, 1.54) is 0 Å². The second-order valence-electron chi connectivity index (χ2n) is 5.59. The third kappa shape index (κ3) is 3.84. The molecule has 0 bridgehead atoms. The molecule has 2 rings (SSSR count). The molecule has 0 saturated heterocycles. The van der Waals surface area contributed by atoms with E-state index >= 15 is 0 Å². The number of halogens is 2. The topological polar surface area (TPSA) is 37.8 Å². The largest absolute Gasteiger partial charge is 0.366 e. The van der Waals surface area contributed by atoms with E-state index in [1.807, 2.05) is 24.3 Å². The van der Waals surface area contributed by atoms with E-state index in [2.05, 4.69) is 36.1 Å². The standard InChI is InChI=1S/C15H17Cl2N3/c1-15(2,3)14-19-12(17)8-13(20-14)18-9-10-6-4-5-7-11(10)16/h4-8H,9H2,1-3H3,(H,18,19,20). The average Bonchev–Trinajstić information content (AvgIpc) is 2.36. The summed E-state index contributed by atoms with van der Waals surface area (Å²) in [5.74, 6) is 1.42. The van der Waals surface area contributed by atoms with Gasteiger partial charge in [-0.05, 0) is 11.6 Å². The molecule has 1 heterocycles. The summed E-state index contributed by atoms with van der Waals surface area (Å²) in [6, 6.07) is 9.42. The first-order valence-corrected chi connectivity index (χ1v) is 7.14. The molecule has 0 aliphatic carbocycles. The second-order valence-corrected chi connectivity index (χ2v) is 6.39. The zero-order valence-corrected chi connectivity index (χ0v) is 13.3. The molecule has 0 atom stereocenters. The van der Waals surface area contributed by atoms with Crippen molar-refractivity contribution in [1.82, 2.24) is 9.97 Å². The van der Waals surface area contributed by atoms with E-state index in [4.69, 9.17) is 23.2 Å². The Balaban J connectivity index is 2.18. The normalized spacial score (nSPS) is 11.4. The van der Waals surface area contributed by atoms with Gasteiger partial charge in [0.05, 0.1) is 0 Å². The summed E-state index contributed by atoms with van der Waals surface area (Å²) in [4.78, 5) is 8.77. The minimum Gasteiger partial charge on any atom is -0.366 e. The zero-order chi connectivity index (χ0) is 14.8. The van der Waals surface area contributed by atoms with Crippen LogP contribution in [0.25, 0.3) is 0 Å². The molecule has 0 aliphatic rings. The van der Waals surface area contributed by atoms with Crippen molar-refractivity contribution in [1.29, 1.82) is 0 Å². The Morgan fingerprint density at radius 3 is 2.45 bits per heavy atom. The van der Waals surface area contributed by atoms with Crippen LogP contribution in [0.1, 0.15) is 32.2 Å². The molecule has 0 fully saturated rings. The quantitative estimate of drug-likeness (QED) is 0.836. The van der Waals surface area contributed by atoms with Crippen LogP contribution in [-0.4, -0.2) is 9.97 Å². The lowest BCUT2D eigenvalue weighted by atomic mass is 9.96. The van der Waals surface area contributed by atoms with Crippen LogP contribution in [0, 0.1) is 0 Å². The zero-order valence-electron chi connectivity index (χ0n) is 11.7. The molecule has 0 aliphatic heterocycles. The van der Waals surface area contributed by atoms with Gasteiger partial charge in [-0.15, -0.1) is 0 Å². The van der Waals surface area contributed by atoms with Crippen LogP contribution in [-0.2, 0) is 12.0 Å². The monoisotopic (exact) mass is 309 g/mol. The number of hydrogen-bond donors (Lipinski definition) is 1. The summed E-state index contributed by atoms with van der Waals surface area (Å²) in [5.41, 5.74) is 0.868. The maximum Gasteiger partial charge on any atom is 0.137 e. The molecule has 0 radical (unpaired) electrons. The third-order valence-corrected chi connectivity index (χ3v) is 3.35. The van der Waals surface area contributed by atoms with Crippen molar-refractivity contribution in [3.63, 3.8) is 0 Å². The molecule has 3 nitrogen and oxygen atoms in total. The fourth-order valence-electron chi connectivity index (χ4n) is 1.67. The van der Waals surface area contributed by atoms with Crippen LogP contribution >= 0.6 is 23.2 Å². The fraction of sp³-hybridized carbons (Fsp3) is 0.333. The van der Waals surface area contributed by atoms with Gasteiger partial charge in [-0.3, -0.25) is 0 Å². The Labute approximate surface area is 129 Å². The Hall–Kier alpha value is -1.32. The predicted octanol–water partition coefficient (Wildman–Crippen LogP) is 4.69. The number of anilines is 1. The van der Waals surface area contributed by atoms with Gasteiger partial charge in [0, 0.05) is 23.0 Å². The second kappa shape index (κ2) is 5.98. The molecule has 20 heavy (non-hydrogen) atoms. The molecule has 2 aromatic rings. The molecule has 1 N–H and O–H groups in total.